The van der Waals surface area contributed by atoms with Gasteiger partial charge in [-0.05, 0) is 45.7 Å². The third kappa shape index (κ3) is 3.71. The maximum Gasteiger partial charge on any atom is 0.277 e. The Hall–Kier alpha value is -2.83. The van der Waals surface area contributed by atoms with Crippen molar-refractivity contribution in [1.82, 2.24) is 19.7 Å². The number of carbonyl (C=O) groups excluding carboxylic acids is 1. The van der Waals surface area contributed by atoms with E-state index in [9.17, 15) is 9.35 Å². The third-order valence-corrected chi connectivity index (χ3v) is 10.3. The number of amides is 1. The number of hydrogen-bond acceptors (Lipinski definition) is 9. The molecule has 2 unspecified atom stereocenters. The van der Waals surface area contributed by atoms with E-state index in [-0.39, 0.29) is 28.9 Å². The van der Waals surface area contributed by atoms with Gasteiger partial charge in [0, 0.05) is 6.54 Å². The van der Waals surface area contributed by atoms with Crippen molar-refractivity contribution in [2.75, 3.05) is 19.0 Å². The first-order valence-corrected chi connectivity index (χ1v) is 12.2. The van der Waals surface area contributed by atoms with Crippen LogP contribution in [0.25, 0.3) is 0 Å². The molecule has 0 bridgehead atoms. The van der Waals surface area contributed by atoms with E-state index in [2.05, 4.69) is 30.0 Å². The number of nitrogens with one attached hydrogen (secondary N) is 2. The van der Waals surface area contributed by atoms with E-state index in [4.69, 9.17) is 10.5 Å². The monoisotopic (exact) mass is 477 g/mol. The maximum atomic E-state index is 15.1. The topological polar surface area (TPSA) is 148 Å². The van der Waals surface area contributed by atoms with Crippen molar-refractivity contribution in [1.29, 1.82) is 0 Å². The molecule has 0 aromatic carbocycles. The number of rotatable bonds is 4. The molecule has 2 aliphatic heterocycles. The van der Waals surface area contributed by atoms with E-state index in [1.807, 2.05) is 13.8 Å². The number of amidine groups is 1. The fraction of sp³-hybridized carbons (Fsp3) is 0.476. The summed E-state index contributed by atoms with van der Waals surface area (Å²) in [6, 6.07) is 2.58. The van der Waals surface area contributed by atoms with Gasteiger partial charge in [0.2, 0.25) is 5.88 Å². The van der Waals surface area contributed by atoms with Gasteiger partial charge < -0.3 is 20.3 Å². The van der Waals surface area contributed by atoms with Crippen molar-refractivity contribution in [3.63, 3.8) is 0 Å². The molecule has 0 saturated carbocycles. The Morgan fingerprint density at radius 1 is 1.33 bits per heavy atom. The Balaban J connectivity index is 1.72. The Morgan fingerprint density at radius 2 is 2.09 bits per heavy atom. The van der Waals surface area contributed by atoms with Crippen LogP contribution in [0.5, 0.6) is 5.88 Å². The number of ether oxygens (including phenoxy) is 1. The summed E-state index contributed by atoms with van der Waals surface area (Å²) in [4.78, 5) is 29.7. The molecule has 0 spiro atoms. The highest BCUT2D eigenvalue weighted by atomic mass is 32.3. The van der Waals surface area contributed by atoms with Gasteiger partial charge in [0.25, 0.3) is 5.91 Å². The number of pyridine rings is 1. The molecule has 4 rings (SSSR count). The molecule has 3 atom stereocenters. The number of nitrogens with zero attached hydrogens (tertiary/aromatic N) is 4. The standard InChI is InChI=1S/C21H28FN7O3S/c1-20(2)19(23)29-21(3,14-6-5-9-26-33(14,20)31)17-12(22)7-8-15(27-17)28-18(30)13-10-25-16(32-4)11-24-13/h7-8,10-11,14,26,31H,5-6,9H2,1-4H3,(H2,23,29)(H,27,28,30)/t14-,21?/m0/s1. The van der Waals surface area contributed by atoms with Crippen LogP contribution in [0.15, 0.2) is 29.5 Å². The van der Waals surface area contributed by atoms with Gasteiger partial charge >= 0.3 is 0 Å². The summed E-state index contributed by atoms with van der Waals surface area (Å²) < 4.78 is 34.3. The summed E-state index contributed by atoms with van der Waals surface area (Å²) in [5, 5.41) is 2.20. The summed E-state index contributed by atoms with van der Waals surface area (Å²) in [6.45, 7) is 6.07. The zero-order chi connectivity index (χ0) is 24.0. The second-order valence-electron chi connectivity index (χ2n) is 8.73. The van der Waals surface area contributed by atoms with Crippen LogP contribution < -0.4 is 20.5 Å². The highest BCUT2D eigenvalue weighted by Crippen LogP contribution is 2.66. The molecule has 0 radical (unpaired) electrons. The summed E-state index contributed by atoms with van der Waals surface area (Å²) in [5.41, 5.74) is 5.15. The molecule has 33 heavy (non-hydrogen) atoms. The average molecular weight is 478 g/mol. The molecule has 5 N–H and O–H groups in total. The summed E-state index contributed by atoms with van der Waals surface area (Å²) in [5.74, 6) is -0.528. The quantitative estimate of drug-likeness (QED) is 0.525. The average Bonchev–Trinajstić information content (AvgIpc) is 2.79. The summed E-state index contributed by atoms with van der Waals surface area (Å²) >= 11 is 0. The predicted molar refractivity (Wildman–Crippen MR) is 125 cm³/mol. The van der Waals surface area contributed by atoms with E-state index >= 15 is 4.39 Å². The first kappa shape index (κ1) is 23.3. The molecule has 2 aromatic rings. The van der Waals surface area contributed by atoms with Gasteiger partial charge in [0.1, 0.15) is 34.4 Å². The van der Waals surface area contributed by atoms with E-state index in [1.165, 1.54) is 31.6 Å². The maximum absolute atomic E-state index is 15.1. The summed E-state index contributed by atoms with van der Waals surface area (Å²) in [6.07, 6.45) is 4.02. The molecular weight excluding hydrogens is 449 g/mol. The molecule has 4 heterocycles. The number of nitrogens with two attached hydrogens (primary N) is 1. The van der Waals surface area contributed by atoms with Crippen LogP contribution in [0, 0.1) is 5.82 Å². The van der Waals surface area contributed by atoms with Gasteiger partial charge in [-0.15, -0.1) is 0 Å². The van der Waals surface area contributed by atoms with Crippen molar-refractivity contribution in [2.24, 2.45) is 10.7 Å². The molecule has 2 aromatic heterocycles. The molecule has 1 fully saturated rings. The van der Waals surface area contributed by atoms with Gasteiger partial charge in [0.05, 0.1) is 29.5 Å². The van der Waals surface area contributed by atoms with Crippen molar-refractivity contribution in [3.8, 4) is 5.88 Å². The Morgan fingerprint density at radius 3 is 2.76 bits per heavy atom. The Labute approximate surface area is 192 Å². The minimum atomic E-state index is -2.50. The molecule has 10 nitrogen and oxygen atoms in total. The zero-order valence-electron chi connectivity index (χ0n) is 18.9. The van der Waals surface area contributed by atoms with Crippen LogP contribution in [0.3, 0.4) is 0 Å². The molecule has 1 amide bonds. The van der Waals surface area contributed by atoms with Crippen LogP contribution in [-0.4, -0.2) is 54.9 Å². The molecular formula is C21H28FN7O3S. The first-order valence-electron chi connectivity index (χ1n) is 10.5. The second-order valence-corrected chi connectivity index (χ2v) is 11.9. The summed E-state index contributed by atoms with van der Waals surface area (Å²) in [7, 11) is -1.05. The van der Waals surface area contributed by atoms with Gasteiger partial charge in [-0.3, -0.25) is 14.5 Å². The van der Waals surface area contributed by atoms with Crippen LogP contribution >= 0.6 is 10.5 Å². The highest BCUT2D eigenvalue weighted by Gasteiger charge is 2.60. The number of carbonyl (C=O) groups is 1. The lowest BCUT2D eigenvalue weighted by Crippen LogP contribution is -2.62. The van der Waals surface area contributed by atoms with E-state index in [0.717, 1.165) is 6.42 Å². The Kier molecular flexibility index (Phi) is 5.79. The highest BCUT2D eigenvalue weighted by molar-refractivity contribution is 8.29. The molecule has 2 aliphatic rings. The van der Waals surface area contributed by atoms with Crippen molar-refractivity contribution in [3.05, 3.63) is 41.7 Å². The smallest absolute Gasteiger partial charge is 0.277 e. The first-order chi connectivity index (χ1) is 15.5. The second kappa shape index (κ2) is 8.19. The number of aliphatic imine (C=N–C) groups is 1. The predicted octanol–water partition coefficient (Wildman–Crippen LogP) is 2.58. The van der Waals surface area contributed by atoms with Crippen LogP contribution in [0.1, 0.15) is 49.8 Å². The lowest BCUT2D eigenvalue weighted by Gasteiger charge is -2.61. The van der Waals surface area contributed by atoms with Gasteiger partial charge in [-0.25, -0.2) is 19.3 Å². The van der Waals surface area contributed by atoms with Gasteiger partial charge in [-0.1, -0.05) is 10.5 Å². The van der Waals surface area contributed by atoms with E-state index in [1.54, 1.807) is 6.92 Å². The third-order valence-electron chi connectivity index (χ3n) is 6.39. The van der Waals surface area contributed by atoms with Crippen LogP contribution in [0.2, 0.25) is 0 Å². The van der Waals surface area contributed by atoms with Crippen LogP contribution in [0.4, 0.5) is 10.2 Å². The molecule has 1 saturated heterocycles. The lowest BCUT2D eigenvalue weighted by atomic mass is 9.89. The Bertz CT molecular complexity index is 1110. The number of fused-ring (bicyclic) bond motifs is 1. The minimum Gasteiger partial charge on any atom is -0.480 e. The molecule has 0 aliphatic carbocycles. The number of methoxy groups -OCH3 is 1. The molecule has 178 valence electrons. The van der Waals surface area contributed by atoms with Gasteiger partial charge in [0.15, 0.2) is 0 Å². The van der Waals surface area contributed by atoms with Crippen molar-refractivity contribution >= 4 is 28.1 Å². The fourth-order valence-electron chi connectivity index (χ4n) is 4.34. The lowest BCUT2D eigenvalue weighted by molar-refractivity contribution is 0.102. The number of hydrogen-bond donors (Lipinski definition) is 4. The van der Waals surface area contributed by atoms with E-state index in [0.29, 0.717) is 13.0 Å². The van der Waals surface area contributed by atoms with E-state index < -0.39 is 37.8 Å². The van der Waals surface area contributed by atoms with Crippen molar-refractivity contribution < 1.29 is 18.5 Å². The van der Waals surface area contributed by atoms with Crippen LogP contribution in [-0.2, 0) is 5.54 Å². The largest absolute Gasteiger partial charge is 0.480 e. The molecule has 12 heteroatoms. The van der Waals surface area contributed by atoms with Gasteiger partial charge in [-0.2, -0.15) is 0 Å². The normalized spacial score (nSPS) is 30.4. The SMILES string of the molecule is COc1cnc(C(=O)Nc2ccc(F)c(C3(C)N=C(N)C(C)(C)S4(O)NCCC[C@@H]34)n2)cn1. The number of anilines is 1. The minimum absolute atomic E-state index is 0.0131. The fourth-order valence-corrected chi connectivity index (χ4v) is 7.77. The number of aromatic nitrogens is 3. The van der Waals surface area contributed by atoms with Crippen molar-refractivity contribution in [2.45, 2.75) is 49.1 Å². The zero-order valence-corrected chi connectivity index (χ0v) is 19.7. The number of halogens is 1.